The molecule has 0 saturated carbocycles. The molecule has 0 bridgehead atoms. The third kappa shape index (κ3) is 3.33. The average molecular weight is 293 g/mol. The fourth-order valence-electron chi connectivity index (χ4n) is 2.18. The van der Waals surface area contributed by atoms with E-state index in [1.165, 1.54) is 0 Å². The molecule has 0 aliphatic carbocycles. The lowest BCUT2D eigenvalue weighted by molar-refractivity contribution is -0.149. The Morgan fingerprint density at radius 3 is 2.86 bits per heavy atom. The zero-order chi connectivity index (χ0) is 15.5. The number of amides is 1. The standard InChI is InChI=1S/C15H19NO5/c1-10-5-3-4-6-11(10)21-8-13(17)16-12-7-20-9-15(12,2)14(18)19/h3-6,12H,7-9H2,1-2H3,(H,16,17)(H,18,19). The highest BCUT2D eigenvalue weighted by Gasteiger charge is 2.47. The summed E-state index contributed by atoms with van der Waals surface area (Å²) in [5.74, 6) is -0.706. The SMILES string of the molecule is Cc1ccccc1OCC(=O)NC1COCC1(C)C(=O)O. The van der Waals surface area contributed by atoms with Gasteiger partial charge in [0.05, 0.1) is 19.3 Å². The van der Waals surface area contributed by atoms with Crippen LogP contribution in [0.5, 0.6) is 5.75 Å². The molecule has 1 fully saturated rings. The minimum Gasteiger partial charge on any atom is -0.484 e. The van der Waals surface area contributed by atoms with Crippen molar-refractivity contribution in [3.05, 3.63) is 29.8 Å². The molecule has 2 rings (SSSR count). The second-order valence-electron chi connectivity index (χ2n) is 5.41. The molecule has 6 heteroatoms. The quantitative estimate of drug-likeness (QED) is 0.845. The zero-order valence-electron chi connectivity index (χ0n) is 12.1. The molecular weight excluding hydrogens is 274 g/mol. The predicted octanol–water partition coefficient (Wildman–Crippen LogP) is 0.980. The molecule has 0 radical (unpaired) electrons. The minimum absolute atomic E-state index is 0.0892. The van der Waals surface area contributed by atoms with Gasteiger partial charge in [0.15, 0.2) is 6.61 Å². The molecule has 2 unspecified atom stereocenters. The number of carboxylic acids is 1. The number of aryl methyl sites for hydroxylation is 1. The molecule has 0 aromatic heterocycles. The Labute approximate surface area is 123 Å². The zero-order valence-corrected chi connectivity index (χ0v) is 12.1. The number of benzene rings is 1. The number of carbonyl (C=O) groups excluding carboxylic acids is 1. The van der Waals surface area contributed by atoms with Crippen LogP contribution >= 0.6 is 0 Å². The Morgan fingerprint density at radius 2 is 2.19 bits per heavy atom. The van der Waals surface area contributed by atoms with E-state index in [4.69, 9.17) is 9.47 Å². The van der Waals surface area contributed by atoms with E-state index in [-0.39, 0.29) is 25.7 Å². The second-order valence-corrected chi connectivity index (χ2v) is 5.41. The summed E-state index contributed by atoms with van der Waals surface area (Å²) < 4.78 is 10.6. The van der Waals surface area contributed by atoms with Crippen molar-refractivity contribution >= 4 is 11.9 Å². The first-order valence-corrected chi connectivity index (χ1v) is 6.72. The number of rotatable bonds is 5. The first-order chi connectivity index (χ1) is 9.93. The summed E-state index contributed by atoms with van der Waals surface area (Å²) >= 11 is 0. The Hall–Kier alpha value is -2.08. The molecule has 1 aliphatic rings. The topological polar surface area (TPSA) is 84.9 Å². The van der Waals surface area contributed by atoms with Gasteiger partial charge in [0.2, 0.25) is 0 Å². The van der Waals surface area contributed by atoms with Gasteiger partial charge in [-0.1, -0.05) is 18.2 Å². The van der Waals surface area contributed by atoms with Gasteiger partial charge in [0.25, 0.3) is 5.91 Å². The van der Waals surface area contributed by atoms with Crippen molar-refractivity contribution in [2.75, 3.05) is 19.8 Å². The van der Waals surface area contributed by atoms with Crippen LogP contribution in [0.15, 0.2) is 24.3 Å². The monoisotopic (exact) mass is 293 g/mol. The summed E-state index contributed by atoms with van der Waals surface area (Å²) in [5, 5.41) is 11.9. The van der Waals surface area contributed by atoms with Crippen LogP contribution in [0.25, 0.3) is 0 Å². The number of ether oxygens (including phenoxy) is 2. The summed E-state index contributed by atoms with van der Waals surface area (Å²) in [6.07, 6.45) is 0. The van der Waals surface area contributed by atoms with E-state index in [0.29, 0.717) is 5.75 Å². The van der Waals surface area contributed by atoms with Crippen LogP contribution in [0.4, 0.5) is 0 Å². The van der Waals surface area contributed by atoms with Crippen LogP contribution in [0, 0.1) is 12.3 Å². The van der Waals surface area contributed by atoms with Crippen LogP contribution in [0.1, 0.15) is 12.5 Å². The first-order valence-electron chi connectivity index (χ1n) is 6.72. The lowest BCUT2D eigenvalue weighted by Crippen LogP contribution is -2.50. The number of carboxylic acid groups (broad SMARTS) is 1. The Morgan fingerprint density at radius 1 is 1.48 bits per heavy atom. The van der Waals surface area contributed by atoms with Crippen LogP contribution in [-0.2, 0) is 14.3 Å². The summed E-state index contributed by atoms with van der Waals surface area (Å²) in [4.78, 5) is 23.2. The van der Waals surface area contributed by atoms with Gasteiger partial charge in [-0.2, -0.15) is 0 Å². The number of para-hydroxylation sites is 1. The maximum Gasteiger partial charge on any atom is 0.313 e. The van der Waals surface area contributed by atoms with Gasteiger partial charge in [0, 0.05) is 0 Å². The molecule has 2 atom stereocenters. The van der Waals surface area contributed by atoms with Gasteiger partial charge in [-0.25, -0.2) is 0 Å². The smallest absolute Gasteiger partial charge is 0.313 e. The maximum atomic E-state index is 11.9. The van der Waals surface area contributed by atoms with Gasteiger partial charge in [-0.3, -0.25) is 9.59 Å². The van der Waals surface area contributed by atoms with Crippen LogP contribution in [-0.4, -0.2) is 42.8 Å². The van der Waals surface area contributed by atoms with E-state index in [9.17, 15) is 14.7 Å². The van der Waals surface area contributed by atoms with Gasteiger partial charge < -0.3 is 19.9 Å². The lowest BCUT2D eigenvalue weighted by atomic mass is 9.85. The van der Waals surface area contributed by atoms with E-state index in [0.717, 1.165) is 5.56 Å². The predicted molar refractivity (Wildman–Crippen MR) is 75.2 cm³/mol. The molecule has 1 saturated heterocycles. The largest absolute Gasteiger partial charge is 0.484 e. The van der Waals surface area contributed by atoms with Crippen molar-refractivity contribution in [1.82, 2.24) is 5.32 Å². The van der Waals surface area contributed by atoms with Crippen molar-refractivity contribution < 1.29 is 24.2 Å². The Balaban J connectivity index is 1.90. The van der Waals surface area contributed by atoms with E-state index in [2.05, 4.69) is 5.32 Å². The minimum atomic E-state index is -1.10. The first kappa shape index (κ1) is 15.3. The molecule has 114 valence electrons. The van der Waals surface area contributed by atoms with Crippen molar-refractivity contribution in [3.63, 3.8) is 0 Å². The third-order valence-corrected chi connectivity index (χ3v) is 3.73. The maximum absolute atomic E-state index is 11.9. The molecule has 6 nitrogen and oxygen atoms in total. The highest BCUT2D eigenvalue weighted by molar-refractivity contribution is 5.81. The van der Waals surface area contributed by atoms with E-state index in [1.807, 2.05) is 25.1 Å². The molecule has 1 amide bonds. The summed E-state index contributed by atoms with van der Waals surface area (Å²) in [7, 11) is 0. The molecule has 1 heterocycles. The third-order valence-electron chi connectivity index (χ3n) is 3.73. The van der Waals surface area contributed by atoms with Crippen LogP contribution in [0.3, 0.4) is 0 Å². The van der Waals surface area contributed by atoms with Crippen molar-refractivity contribution in [2.24, 2.45) is 5.41 Å². The van der Waals surface area contributed by atoms with Crippen molar-refractivity contribution in [2.45, 2.75) is 19.9 Å². The normalized spacial score (nSPS) is 24.6. The molecule has 1 aliphatic heterocycles. The van der Waals surface area contributed by atoms with Crippen LogP contribution < -0.4 is 10.1 Å². The summed E-state index contributed by atoms with van der Waals surface area (Å²) in [5.41, 5.74) is -0.164. The summed E-state index contributed by atoms with van der Waals surface area (Å²) in [6.45, 7) is 3.58. The molecule has 2 N–H and O–H groups in total. The van der Waals surface area contributed by atoms with Gasteiger partial charge in [0.1, 0.15) is 11.2 Å². The number of nitrogens with one attached hydrogen (secondary N) is 1. The van der Waals surface area contributed by atoms with Gasteiger partial charge in [-0.05, 0) is 25.5 Å². The molecule has 0 spiro atoms. The fraction of sp³-hybridized carbons (Fsp3) is 0.467. The van der Waals surface area contributed by atoms with Gasteiger partial charge >= 0.3 is 5.97 Å². The lowest BCUT2D eigenvalue weighted by Gasteiger charge is -2.25. The molecule has 1 aromatic rings. The Kier molecular flexibility index (Phi) is 4.47. The Bertz CT molecular complexity index is 545. The van der Waals surface area contributed by atoms with Gasteiger partial charge in [-0.15, -0.1) is 0 Å². The van der Waals surface area contributed by atoms with E-state index < -0.39 is 17.4 Å². The summed E-state index contributed by atoms with van der Waals surface area (Å²) in [6, 6.07) is 6.83. The van der Waals surface area contributed by atoms with Crippen molar-refractivity contribution in [1.29, 1.82) is 0 Å². The molecule has 21 heavy (non-hydrogen) atoms. The molecular formula is C15H19NO5. The van der Waals surface area contributed by atoms with E-state index >= 15 is 0 Å². The number of carbonyl (C=O) groups is 2. The number of aliphatic carboxylic acids is 1. The highest BCUT2D eigenvalue weighted by atomic mass is 16.5. The molecule has 1 aromatic carbocycles. The number of hydrogen-bond acceptors (Lipinski definition) is 4. The van der Waals surface area contributed by atoms with E-state index in [1.54, 1.807) is 13.0 Å². The fourth-order valence-corrected chi connectivity index (χ4v) is 2.18. The second kappa shape index (κ2) is 6.13. The highest BCUT2D eigenvalue weighted by Crippen LogP contribution is 2.28. The van der Waals surface area contributed by atoms with Crippen molar-refractivity contribution in [3.8, 4) is 5.75 Å². The number of hydrogen-bond donors (Lipinski definition) is 2. The van der Waals surface area contributed by atoms with Crippen LogP contribution in [0.2, 0.25) is 0 Å². The average Bonchev–Trinajstić information content (AvgIpc) is 2.81.